The molecule has 0 unspecified atom stereocenters. The van der Waals surface area contributed by atoms with Gasteiger partial charge in [0, 0.05) is 11.3 Å². The Hall–Kier alpha value is -1.38. The van der Waals surface area contributed by atoms with Crippen LogP contribution in [-0.2, 0) is 11.2 Å². The van der Waals surface area contributed by atoms with Crippen LogP contribution in [0.4, 0.5) is 0 Å². The number of esters is 1. The van der Waals surface area contributed by atoms with Crippen LogP contribution >= 0.6 is 0 Å². The molecule has 3 heteroatoms. The van der Waals surface area contributed by atoms with E-state index in [4.69, 9.17) is 4.74 Å². The van der Waals surface area contributed by atoms with Gasteiger partial charge in [-0.25, -0.2) is 0 Å². The SMILES string of the molecule is CC(C)c1cc2c(cn1)OC(=O)C2. The predicted molar refractivity (Wildman–Crippen MR) is 47.7 cm³/mol. The molecule has 0 bridgehead atoms. The van der Waals surface area contributed by atoms with E-state index < -0.39 is 0 Å². The van der Waals surface area contributed by atoms with Crippen molar-refractivity contribution in [3.05, 3.63) is 23.5 Å². The molecule has 0 aromatic carbocycles. The Kier molecular flexibility index (Phi) is 1.79. The van der Waals surface area contributed by atoms with Gasteiger partial charge in [-0.2, -0.15) is 0 Å². The van der Waals surface area contributed by atoms with Crippen LogP contribution in [0.2, 0.25) is 0 Å². The summed E-state index contributed by atoms with van der Waals surface area (Å²) in [6.45, 7) is 4.15. The second-order valence-electron chi connectivity index (χ2n) is 3.52. The fourth-order valence-corrected chi connectivity index (χ4v) is 1.36. The predicted octanol–water partition coefficient (Wildman–Crippen LogP) is 1.67. The van der Waals surface area contributed by atoms with E-state index in [-0.39, 0.29) is 5.97 Å². The van der Waals surface area contributed by atoms with E-state index in [1.54, 1.807) is 6.20 Å². The molecule has 3 nitrogen and oxygen atoms in total. The van der Waals surface area contributed by atoms with Crippen LogP contribution in [0.5, 0.6) is 5.75 Å². The van der Waals surface area contributed by atoms with E-state index in [9.17, 15) is 4.79 Å². The molecule has 68 valence electrons. The number of pyridine rings is 1. The molecule has 0 aliphatic carbocycles. The Morgan fingerprint density at radius 1 is 1.54 bits per heavy atom. The van der Waals surface area contributed by atoms with Gasteiger partial charge in [0.15, 0.2) is 5.75 Å². The van der Waals surface area contributed by atoms with Crippen LogP contribution in [0.15, 0.2) is 12.3 Å². The van der Waals surface area contributed by atoms with Gasteiger partial charge in [-0.1, -0.05) is 13.8 Å². The lowest BCUT2D eigenvalue weighted by Gasteiger charge is -2.04. The van der Waals surface area contributed by atoms with Crippen LogP contribution in [0.1, 0.15) is 31.0 Å². The van der Waals surface area contributed by atoms with Gasteiger partial charge in [0.1, 0.15) is 0 Å². The third kappa shape index (κ3) is 1.41. The highest BCUT2D eigenvalue weighted by molar-refractivity contribution is 5.80. The van der Waals surface area contributed by atoms with Crippen molar-refractivity contribution in [2.24, 2.45) is 0 Å². The summed E-state index contributed by atoms with van der Waals surface area (Å²) in [5, 5.41) is 0. The monoisotopic (exact) mass is 177 g/mol. The molecule has 1 aromatic rings. The molecule has 0 amide bonds. The molecule has 0 saturated carbocycles. The Morgan fingerprint density at radius 2 is 2.31 bits per heavy atom. The van der Waals surface area contributed by atoms with Gasteiger partial charge < -0.3 is 4.74 Å². The third-order valence-electron chi connectivity index (χ3n) is 2.12. The van der Waals surface area contributed by atoms with Crippen LogP contribution in [-0.4, -0.2) is 11.0 Å². The molecule has 1 aliphatic heterocycles. The largest absolute Gasteiger partial charge is 0.424 e. The number of fused-ring (bicyclic) bond motifs is 1. The molecule has 0 spiro atoms. The zero-order valence-electron chi connectivity index (χ0n) is 7.70. The first-order chi connectivity index (χ1) is 6.16. The smallest absolute Gasteiger partial charge is 0.315 e. The molecular formula is C10H11NO2. The first-order valence-corrected chi connectivity index (χ1v) is 4.36. The van der Waals surface area contributed by atoms with Gasteiger partial charge in [-0.15, -0.1) is 0 Å². The van der Waals surface area contributed by atoms with E-state index in [2.05, 4.69) is 18.8 Å². The summed E-state index contributed by atoms with van der Waals surface area (Å²) in [5.74, 6) is 0.827. The minimum absolute atomic E-state index is 0.183. The van der Waals surface area contributed by atoms with Crippen LogP contribution < -0.4 is 4.74 Å². The maximum absolute atomic E-state index is 10.9. The topological polar surface area (TPSA) is 39.2 Å². The fourth-order valence-electron chi connectivity index (χ4n) is 1.36. The first kappa shape index (κ1) is 8.23. The molecule has 13 heavy (non-hydrogen) atoms. The van der Waals surface area contributed by atoms with E-state index in [1.807, 2.05) is 6.07 Å². The van der Waals surface area contributed by atoms with Gasteiger partial charge in [0.2, 0.25) is 0 Å². The van der Waals surface area contributed by atoms with Crippen molar-refractivity contribution >= 4 is 5.97 Å². The number of hydrogen-bond donors (Lipinski definition) is 0. The summed E-state index contributed by atoms with van der Waals surface area (Å²) >= 11 is 0. The Morgan fingerprint density at radius 3 is 3.00 bits per heavy atom. The molecule has 0 fully saturated rings. The summed E-state index contributed by atoms with van der Waals surface area (Å²) in [6, 6.07) is 1.95. The van der Waals surface area contributed by atoms with Gasteiger partial charge in [-0.3, -0.25) is 9.78 Å². The van der Waals surface area contributed by atoms with E-state index in [1.165, 1.54) is 0 Å². The van der Waals surface area contributed by atoms with Gasteiger partial charge in [-0.05, 0) is 12.0 Å². The van der Waals surface area contributed by atoms with Crippen molar-refractivity contribution < 1.29 is 9.53 Å². The molecule has 1 aliphatic rings. The molecule has 1 aromatic heterocycles. The molecule has 0 radical (unpaired) electrons. The van der Waals surface area contributed by atoms with Crippen molar-refractivity contribution in [2.75, 3.05) is 0 Å². The standard InChI is InChI=1S/C10H11NO2/c1-6(2)8-3-7-4-10(12)13-9(7)5-11-8/h3,5-6H,4H2,1-2H3. The van der Waals surface area contributed by atoms with Crippen molar-refractivity contribution in [3.8, 4) is 5.75 Å². The van der Waals surface area contributed by atoms with Gasteiger partial charge in [0.05, 0.1) is 12.6 Å². The van der Waals surface area contributed by atoms with Gasteiger partial charge >= 0.3 is 5.97 Å². The van der Waals surface area contributed by atoms with E-state index in [0.29, 0.717) is 18.1 Å². The average Bonchev–Trinajstić information content (AvgIpc) is 2.42. The summed E-state index contributed by atoms with van der Waals surface area (Å²) < 4.78 is 4.94. The van der Waals surface area contributed by atoms with Crippen molar-refractivity contribution in [2.45, 2.75) is 26.2 Å². The van der Waals surface area contributed by atoms with Crippen molar-refractivity contribution in [1.29, 1.82) is 0 Å². The quantitative estimate of drug-likeness (QED) is 0.612. The molecule has 2 rings (SSSR count). The number of ether oxygens (including phenoxy) is 1. The molecule has 2 heterocycles. The lowest BCUT2D eigenvalue weighted by Crippen LogP contribution is -2.00. The van der Waals surface area contributed by atoms with Crippen molar-refractivity contribution in [3.63, 3.8) is 0 Å². The van der Waals surface area contributed by atoms with E-state index in [0.717, 1.165) is 11.3 Å². The average molecular weight is 177 g/mol. The second kappa shape index (κ2) is 2.83. The molecule has 0 atom stereocenters. The molecule has 0 N–H and O–H groups in total. The zero-order chi connectivity index (χ0) is 9.42. The normalized spacial score (nSPS) is 14.5. The lowest BCUT2D eigenvalue weighted by molar-refractivity contribution is -0.131. The second-order valence-corrected chi connectivity index (χ2v) is 3.52. The van der Waals surface area contributed by atoms with Gasteiger partial charge in [0.25, 0.3) is 0 Å². The summed E-state index contributed by atoms with van der Waals surface area (Å²) in [4.78, 5) is 15.1. The zero-order valence-corrected chi connectivity index (χ0v) is 7.70. The number of nitrogens with zero attached hydrogens (tertiary/aromatic N) is 1. The molecular weight excluding hydrogens is 166 g/mol. The lowest BCUT2D eigenvalue weighted by atomic mass is 10.1. The minimum atomic E-state index is -0.183. The van der Waals surface area contributed by atoms with Crippen molar-refractivity contribution in [1.82, 2.24) is 4.98 Å². The number of hydrogen-bond acceptors (Lipinski definition) is 3. The number of carbonyl (C=O) groups excluding carboxylic acids is 1. The highest BCUT2D eigenvalue weighted by Crippen LogP contribution is 2.27. The van der Waals surface area contributed by atoms with Crippen LogP contribution in [0.25, 0.3) is 0 Å². The van der Waals surface area contributed by atoms with Crippen LogP contribution in [0.3, 0.4) is 0 Å². The maximum atomic E-state index is 10.9. The summed E-state index contributed by atoms with van der Waals surface area (Å²) in [7, 11) is 0. The Labute approximate surface area is 76.7 Å². The summed E-state index contributed by atoms with van der Waals surface area (Å²) in [5.41, 5.74) is 1.97. The highest BCUT2D eigenvalue weighted by atomic mass is 16.5. The number of carbonyl (C=O) groups is 1. The van der Waals surface area contributed by atoms with E-state index >= 15 is 0 Å². The highest BCUT2D eigenvalue weighted by Gasteiger charge is 2.21. The Bertz CT molecular complexity index is 358. The fraction of sp³-hybridized carbons (Fsp3) is 0.400. The number of rotatable bonds is 1. The minimum Gasteiger partial charge on any atom is -0.424 e. The number of aromatic nitrogens is 1. The summed E-state index contributed by atoms with van der Waals surface area (Å²) in [6.07, 6.45) is 2.02. The maximum Gasteiger partial charge on any atom is 0.315 e. The first-order valence-electron chi connectivity index (χ1n) is 4.36. The van der Waals surface area contributed by atoms with Crippen LogP contribution in [0, 0.1) is 0 Å². The Balaban J connectivity index is 2.40. The molecule has 0 saturated heterocycles. The third-order valence-corrected chi connectivity index (χ3v) is 2.12.